The molecule has 0 aliphatic carbocycles. The number of benzene rings is 1. The van der Waals surface area contributed by atoms with E-state index in [-0.39, 0.29) is 11.4 Å². The van der Waals surface area contributed by atoms with Crippen molar-refractivity contribution >= 4 is 33.4 Å². The first-order valence-electron chi connectivity index (χ1n) is 4.73. The highest BCUT2D eigenvalue weighted by atomic mass is 79.9. The summed E-state index contributed by atoms with van der Waals surface area (Å²) < 4.78 is 0.829. The van der Waals surface area contributed by atoms with Crippen molar-refractivity contribution in [2.24, 2.45) is 0 Å². The zero-order valence-electron chi connectivity index (χ0n) is 8.59. The number of aromatic nitrogens is 2. The van der Waals surface area contributed by atoms with E-state index in [2.05, 4.69) is 31.2 Å². The van der Waals surface area contributed by atoms with E-state index >= 15 is 0 Å². The molecule has 1 aromatic carbocycles. The third-order valence-electron chi connectivity index (χ3n) is 2.07. The summed E-state index contributed by atoms with van der Waals surface area (Å²) in [5.74, 6) is -0.806. The zero-order valence-corrected chi connectivity index (χ0v) is 10.2. The molecule has 1 heterocycles. The molecule has 17 heavy (non-hydrogen) atoms. The van der Waals surface area contributed by atoms with Gasteiger partial charge in [0.2, 0.25) is 0 Å². The topological polar surface area (TPSA) is 75.1 Å². The molecule has 0 unspecified atom stereocenters. The molecule has 0 aliphatic heterocycles. The van der Waals surface area contributed by atoms with Crippen molar-refractivity contribution in [2.75, 3.05) is 5.32 Å². The lowest BCUT2D eigenvalue weighted by molar-refractivity contribution is 0.0697. The van der Waals surface area contributed by atoms with Gasteiger partial charge in [-0.15, -0.1) is 0 Å². The van der Waals surface area contributed by atoms with Gasteiger partial charge >= 0.3 is 5.97 Å². The lowest BCUT2D eigenvalue weighted by atomic mass is 10.3. The second-order valence-electron chi connectivity index (χ2n) is 3.20. The summed E-state index contributed by atoms with van der Waals surface area (Å²) in [6.07, 6.45) is 2.56. The van der Waals surface area contributed by atoms with Gasteiger partial charge in [0.05, 0.1) is 5.69 Å². The largest absolute Gasteiger partial charge is 0.477 e. The maximum atomic E-state index is 11.0. The number of halogens is 1. The first-order chi connectivity index (χ1) is 8.18. The van der Waals surface area contributed by atoms with Gasteiger partial charge in [0.15, 0.2) is 0 Å². The van der Waals surface area contributed by atoms with Gasteiger partial charge in [0, 0.05) is 10.7 Å². The number of carboxylic acids is 1. The molecule has 6 heteroatoms. The van der Waals surface area contributed by atoms with Gasteiger partial charge in [0.25, 0.3) is 0 Å². The van der Waals surface area contributed by atoms with Crippen molar-refractivity contribution in [3.8, 4) is 0 Å². The van der Waals surface area contributed by atoms with E-state index in [1.807, 2.05) is 24.3 Å². The fourth-order valence-electron chi connectivity index (χ4n) is 1.28. The Morgan fingerprint density at radius 1 is 1.35 bits per heavy atom. The molecule has 86 valence electrons. The van der Waals surface area contributed by atoms with Crippen molar-refractivity contribution in [3.63, 3.8) is 0 Å². The number of hydrogen-bond donors (Lipinski definition) is 2. The lowest BCUT2D eigenvalue weighted by Gasteiger charge is -2.08. The number of carbonyl (C=O) groups is 1. The minimum Gasteiger partial charge on any atom is -0.477 e. The summed E-state index contributed by atoms with van der Waals surface area (Å²) in [6.45, 7) is 0. The standard InChI is InChI=1S/C11H8BrN3O2/c12-8-3-1-2-4-9(8)15-10-7(11(16)17)5-13-6-14-10/h1-6H,(H,16,17)(H,13,14,15). The van der Waals surface area contributed by atoms with Crippen molar-refractivity contribution in [1.82, 2.24) is 9.97 Å². The Hall–Kier alpha value is -1.95. The van der Waals surface area contributed by atoms with Crippen molar-refractivity contribution in [2.45, 2.75) is 0 Å². The molecular weight excluding hydrogens is 286 g/mol. The number of carboxylic acid groups (broad SMARTS) is 1. The van der Waals surface area contributed by atoms with Crippen LogP contribution in [0.3, 0.4) is 0 Å². The van der Waals surface area contributed by atoms with Gasteiger partial charge in [-0.2, -0.15) is 0 Å². The van der Waals surface area contributed by atoms with Crippen LogP contribution in [0.25, 0.3) is 0 Å². The van der Waals surface area contributed by atoms with Crippen LogP contribution in [0.5, 0.6) is 0 Å². The molecule has 0 aliphatic rings. The Balaban J connectivity index is 2.37. The Labute approximate surface area is 106 Å². The van der Waals surface area contributed by atoms with Crippen LogP contribution >= 0.6 is 15.9 Å². The van der Waals surface area contributed by atoms with E-state index in [1.54, 1.807) is 0 Å². The van der Waals surface area contributed by atoms with Gasteiger partial charge in [-0.05, 0) is 28.1 Å². The van der Waals surface area contributed by atoms with Gasteiger partial charge < -0.3 is 10.4 Å². The van der Waals surface area contributed by atoms with Crippen LogP contribution in [-0.4, -0.2) is 21.0 Å². The molecule has 0 saturated heterocycles. The van der Waals surface area contributed by atoms with Crippen LogP contribution in [-0.2, 0) is 0 Å². The zero-order chi connectivity index (χ0) is 12.3. The summed E-state index contributed by atoms with van der Waals surface area (Å²) >= 11 is 3.36. The van der Waals surface area contributed by atoms with Gasteiger partial charge in [-0.1, -0.05) is 12.1 Å². The van der Waals surface area contributed by atoms with E-state index in [1.165, 1.54) is 12.5 Å². The third-order valence-corrected chi connectivity index (χ3v) is 2.76. The van der Waals surface area contributed by atoms with Crippen LogP contribution in [0.1, 0.15) is 10.4 Å². The first kappa shape index (κ1) is 11.5. The van der Waals surface area contributed by atoms with Crippen LogP contribution in [0.2, 0.25) is 0 Å². The molecule has 0 amide bonds. The molecule has 0 atom stereocenters. The SMILES string of the molecule is O=C(O)c1cncnc1Nc1ccccc1Br. The van der Waals surface area contributed by atoms with Gasteiger partial charge in [-0.3, -0.25) is 0 Å². The monoisotopic (exact) mass is 293 g/mol. The van der Waals surface area contributed by atoms with Gasteiger partial charge in [-0.25, -0.2) is 14.8 Å². The Kier molecular flexibility index (Phi) is 3.34. The van der Waals surface area contributed by atoms with Crippen molar-refractivity contribution in [3.05, 3.63) is 46.8 Å². The highest BCUT2D eigenvalue weighted by Crippen LogP contribution is 2.25. The average Bonchev–Trinajstić information content (AvgIpc) is 2.32. The van der Waals surface area contributed by atoms with Crippen LogP contribution in [0.4, 0.5) is 11.5 Å². The maximum Gasteiger partial charge on any atom is 0.341 e. The molecule has 5 nitrogen and oxygen atoms in total. The van der Waals surface area contributed by atoms with Crippen LogP contribution in [0, 0.1) is 0 Å². The Morgan fingerprint density at radius 3 is 2.82 bits per heavy atom. The van der Waals surface area contributed by atoms with Crippen molar-refractivity contribution < 1.29 is 9.90 Å². The maximum absolute atomic E-state index is 11.0. The molecular formula is C11H8BrN3O2. The van der Waals surface area contributed by atoms with Crippen LogP contribution in [0.15, 0.2) is 41.3 Å². The second kappa shape index (κ2) is 4.92. The summed E-state index contributed by atoms with van der Waals surface area (Å²) in [5, 5.41) is 11.9. The van der Waals surface area contributed by atoms with Crippen LogP contribution < -0.4 is 5.32 Å². The number of nitrogens with one attached hydrogen (secondary N) is 1. The minimum absolute atomic E-state index is 0.0308. The number of nitrogens with zero attached hydrogens (tertiary/aromatic N) is 2. The summed E-state index contributed by atoms with van der Waals surface area (Å²) in [6, 6.07) is 7.38. The van der Waals surface area contributed by atoms with Crippen molar-refractivity contribution in [1.29, 1.82) is 0 Å². The molecule has 1 aromatic heterocycles. The molecule has 0 saturated carbocycles. The van der Waals surface area contributed by atoms with E-state index in [4.69, 9.17) is 5.11 Å². The third kappa shape index (κ3) is 2.59. The van der Waals surface area contributed by atoms with E-state index in [0.717, 1.165) is 10.2 Å². The average molecular weight is 294 g/mol. The summed E-state index contributed by atoms with van der Waals surface area (Å²) in [5.41, 5.74) is 0.775. The Morgan fingerprint density at radius 2 is 2.12 bits per heavy atom. The first-order valence-corrected chi connectivity index (χ1v) is 5.52. The second-order valence-corrected chi connectivity index (χ2v) is 4.05. The number of para-hydroxylation sites is 1. The van der Waals surface area contributed by atoms with Gasteiger partial charge in [0.1, 0.15) is 17.7 Å². The van der Waals surface area contributed by atoms with E-state index < -0.39 is 5.97 Å². The fraction of sp³-hybridized carbons (Fsp3) is 0. The summed E-state index contributed by atoms with van der Waals surface area (Å²) in [4.78, 5) is 18.6. The predicted molar refractivity (Wildman–Crippen MR) is 66.4 cm³/mol. The minimum atomic E-state index is -1.07. The fourth-order valence-corrected chi connectivity index (χ4v) is 1.66. The number of rotatable bonds is 3. The Bertz CT molecular complexity index is 560. The number of aromatic carboxylic acids is 1. The summed E-state index contributed by atoms with van der Waals surface area (Å²) in [7, 11) is 0. The molecule has 2 rings (SSSR count). The number of anilines is 2. The molecule has 2 aromatic rings. The molecule has 0 fully saturated rings. The molecule has 2 N–H and O–H groups in total. The smallest absolute Gasteiger partial charge is 0.341 e. The molecule has 0 spiro atoms. The van der Waals surface area contributed by atoms with E-state index in [9.17, 15) is 4.79 Å². The molecule has 0 bridgehead atoms. The normalized spacial score (nSPS) is 9.94. The lowest BCUT2D eigenvalue weighted by Crippen LogP contribution is -2.05. The quantitative estimate of drug-likeness (QED) is 0.910. The van der Waals surface area contributed by atoms with E-state index in [0.29, 0.717) is 0 Å². The molecule has 0 radical (unpaired) electrons. The highest BCUT2D eigenvalue weighted by molar-refractivity contribution is 9.10. The predicted octanol–water partition coefficient (Wildman–Crippen LogP) is 2.68. The highest BCUT2D eigenvalue weighted by Gasteiger charge is 2.12. The number of hydrogen-bond acceptors (Lipinski definition) is 4.